The summed E-state index contributed by atoms with van der Waals surface area (Å²) in [7, 11) is 0. The molecular weight excluding hydrogens is 274 g/mol. The van der Waals surface area contributed by atoms with Gasteiger partial charge in [0, 0.05) is 12.6 Å². The Hall–Kier alpha value is -1.93. The van der Waals surface area contributed by atoms with Gasteiger partial charge in [-0.15, -0.1) is 0 Å². The minimum absolute atomic E-state index is 0.119. The van der Waals surface area contributed by atoms with E-state index in [9.17, 15) is 15.2 Å². The third-order valence-electron chi connectivity index (χ3n) is 3.84. The fourth-order valence-electron chi connectivity index (χ4n) is 2.62. The number of nitrogens with two attached hydrogens (primary N) is 1. The molecule has 0 radical (unpaired) electrons. The Morgan fingerprint density at radius 2 is 2.00 bits per heavy atom. The highest BCUT2D eigenvalue weighted by molar-refractivity contribution is 5.60. The lowest BCUT2D eigenvalue weighted by atomic mass is 9.94. The molecule has 0 unspecified atom stereocenters. The summed E-state index contributed by atoms with van der Waals surface area (Å²) in [5.41, 5.74) is 1.39. The third-order valence-corrected chi connectivity index (χ3v) is 3.84. The molecule has 1 aliphatic rings. The number of hydrazine groups is 1. The molecule has 1 fully saturated rings. The van der Waals surface area contributed by atoms with Crippen LogP contribution in [0.4, 0.5) is 17.3 Å². The van der Waals surface area contributed by atoms with Gasteiger partial charge in [-0.1, -0.05) is 25.7 Å². The van der Waals surface area contributed by atoms with E-state index in [1.807, 2.05) is 0 Å². The van der Waals surface area contributed by atoms with Crippen LogP contribution in [0.25, 0.3) is 0 Å². The molecule has 0 aliphatic heterocycles. The van der Waals surface area contributed by atoms with Crippen LogP contribution in [0.3, 0.4) is 0 Å². The van der Waals surface area contributed by atoms with Crippen molar-refractivity contribution in [2.75, 3.05) is 17.3 Å². The molecule has 0 amide bonds. The van der Waals surface area contributed by atoms with E-state index in [0.29, 0.717) is 18.7 Å². The number of nitro groups is 1. The number of nitrogens with zero attached hydrogens (tertiary/aromatic N) is 2. The molecule has 0 bridgehead atoms. The molecule has 5 N–H and O–H groups in total. The van der Waals surface area contributed by atoms with Gasteiger partial charge in [0.05, 0.1) is 10.5 Å². The first kappa shape index (κ1) is 15.5. The SMILES string of the molecule is NNc1ccc([N+](=O)[O-])c(NCC2(O)CCCCCC2)n1. The van der Waals surface area contributed by atoms with Crippen LogP contribution in [0.15, 0.2) is 12.1 Å². The average Bonchev–Trinajstić information content (AvgIpc) is 2.70. The van der Waals surface area contributed by atoms with E-state index >= 15 is 0 Å². The summed E-state index contributed by atoms with van der Waals surface area (Å²) in [6, 6.07) is 2.77. The van der Waals surface area contributed by atoms with E-state index in [1.165, 1.54) is 12.1 Å². The van der Waals surface area contributed by atoms with Crippen LogP contribution in [-0.4, -0.2) is 27.2 Å². The number of aromatic nitrogens is 1. The maximum atomic E-state index is 11.0. The molecule has 0 aromatic carbocycles. The highest BCUT2D eigenvalue weighted by atomic mass is 16.6. The number of rotatable bonds is 5. The van der Waals surface area contributed by atoms with Gasteiger partial charge < -0.3 is 15.8 Å². The molecule has 0 spiro atoms. The van der Waals surface area contributed by atoms with Crippen molar-refractivity contribution in [2.24, 2.45) is 5.84 Å². The van der Waals surface area contributed by atoms with Gasteiger partial charge in [0.15, 0.2) is 0 Å². The Morgan fingerprint density at radius 3 is 2.57 bits per heavy atom. The first-order valence-corrected chi connectivity index (χ1v) is 7.12. The minimum Gasteiger partial charge on any atom is -0.388 e. The summed E-state index contributed by atoms with van der Waals surface area (Å²) in [5, 5.41) is 24.5. The third kappa shape index (κ3) is 4.02. The van der Waals surface area contributed by atoms with Gasteiger partial charge in [-0.2, -0.15) is 0 Å². The van der Waals surface area contributed by atoms with E-state index in [4.69, 9.17) is 5.84 Å². The largest absolute Gasteiger partial charge is 0.388 e. The Balaban J connectivity index is 2.12. The van der Waals surface area contributed by atoms with Gasteiger partial charge in [-0.05, 0) is 18.9 Å². The van der Waals surface area contributed by atoms with Crippen molar-refractivity contribution >= 4 is 17.3 Å². The van der Waals surface area contributed by atoms with E-state index in [-0.39, 0.29) is 18.1 Å². The molecular formula is C13H21N5O3. The molecule has 1 saturated carbocycles. The number of anilines is 2. The van der Waals surface area contributed by atoms with Crippen molar-refractivity contribution in [1.29, 1.82) is 0 Å². The fraction of sp³-hybridized carbons (Fsp3) is 0.615. The van der Waals surface area contributed by atoms with Gasteiger partial charge in [0.1, 0.15) is 5.82 Å². The maximum absolute atomic E-state index is 11.0. The number of pyridine rings is 1. The molecule has 1 heterocycles. The molecule has 21 heavy (non-hydrogen) atoms. The Bertz CT molecular complexity index is 501. The van der Waals surface area contributed by atoms with Crippen LogP contribution in [0.2, 0.25) is 0 Å². The van der Waals surface area contributed by atoms with E-state index in [1.54, 1.807) is 0 Å². The highest BCUT2D eigenvalue weighted by Crippen LogP contribution is 2.29. The van der Waals surface area contributed by atoms with Crippen molar-refractivity contribution in [3.05, 3.63) is 22.2 Å². The lowest BCUT2D eigenvalue weighted by molar-refractivity contribution is -0.384. The monoisotopic (exact) mass is 295 g/mol. The first-order valence-electron chi connectivity index (χ1n) is 7.12. The second kappa shape index (κ2) is 6.68. The number of nitrogen functional groups attached to an aromatic ring is 1. The molecule has 2 rings (SSSR count). The number of hydrogen-bond acceptors (Lipinski definition) is 7. The minimum atomic E-state index is -0.835. The van der Waals surface area contributed by atoms with E-state index < -0.39 is 10.5 Å². The van der Waals surface area contributed by atoms with Crippen molar-refractivity contribution < 1.29 is 10.0 Å². The summed E-state index contributed by atoms with van der Waals surface area (Å²) in [5.74, 6) is 5.72. The second-order valence-electron chi connectivity index (χ2n) is 5.46. The van der Waals surface area contributed by atoms with Crippen molar-refractivity contribution in [1.82, 2.24) is 4.98 Å². The van der Waals surface area contributed by atoms with Crippen molar-refractivity contribution in [3.8, 4) is 0 Å². The molecule has 8 heteroatoms. The second-order valence-corrected chi connectivity index (χ2v) is 5.46. The summed E-state index contributed by atoms with van der Waals surface area (Å²) in [4.78, 5) is 14.6. The van der Waals surface area contributed by atoms with Crippen molar-refractivity contribution in [2.45, 2.75) is 44.1 Å². The zero-order valence-corrected chi connectivity index (χ0v) is 11.8. The summed E-state index contributed by atoms with van der Waals surface area (Å²) < 4.78 is 0. The molecule has 1 aromatic heterocycles. The fourth-order valence-corrected chi connectivity index (χ4v) is 2.62. The van der Waals surface area contributed by atoms with Crippen LogP contribution in [-0.2, 0) is 0 Å². The van der Waals surface area contributed by atoms with Crippen LogP contribution in [0.1, 0.15) is 38.5 Å². The van der Waals surface area contributed by atoms with Gasteiger partial charge in [0.2, 0.25) is 5.82 Å². The van der Waals surface area contributed by atoms with Gasteiger partial charge in [-0.25, -0.2) is 10.8 Å². The number of hydrogen-bond donors (Lipinski definition) is 4. The molecule has 116 valence electrons. The van der Waals surface area contributed by atoms with Gasteiger partial charge >= 0.3 is 5.69 Å². The Labute approximate surface area is 122 Å². The molecule has 8 nitrogen and oxygen atoms in total. The highest BCUT2D eigenvalue weighted by Gasteiger charge is 2.29. The van der Waals surface area contributed by atoms with Crippen LogP contribution in [0.5, 0.6) is 0 Å². The Morgan fingerprint density at radius 1 is 1.33 bits per heavy atom. The van der Waals surface area contributed by atoms with Crippen LogP contribution < -0.4 is 16.6 Å². The number of nitrogens with one attached hydrogen (secondary N) is 2. The van der Waals surface area contributed by atoms with Crippen LogP contribution in [0, 0.1) is 10.1 Å². The summed E-state index contributed by atoms with van der Waals surface area (Å²) >= 11 is 0. The first-order chi connectivity index (χ1) is 10.0. The standard InChI is InChI=1S/C13H21N5O3/c14-17-11-6-5-10(18(20)21)12(16-11)15-9-13(19)7-3-1-2-4-8-13/h5-6,19H,1-4,7-9,14H2,(H2,15,16,17). The van der Waals surface area contributed by atoms with Gasteiger partial charge in [-0.3, -0.25) is 10.1 Å². The number of aliphatic hydroxyl groups is 1. The summed E-state index contributed by atoms with van der Waals surface area (Å²) in [6.07, 6.45) is 5.57. The zero-order valence-electron chi connectivity index (χ0n) is 11.8. The zero-order chi connectivity index (χ0) is 15.3. The predicted molar refractivity (Wildman–Crippen MR) is 79.8 cm³/mol. The smallest absolute Gasteiger partial charge is 0.311 e. The molecule has 1 aliphatic carbocycles. The quantitative estimate of drug-likeness (QED) is 0.282. The maximum Gasteiger partial charge on any atom is 0.311 e. The lowest BCUT2D eigenvalue weighted by Crippen LogP contribution is -2.36. The van der Waals surface area contributed by atoms with Crippen LogP contribution >= 0.6 is 0 Å². The Kier molecular flexibility index (Phi) is 4.92. The van der Waals surface area contributed by atoms with E-state index in [2.05, 4.69) is 15.7 Å². The van der Waals surface area contributed by atoms with Gasteiger partial charge in [0.25, 0.3) is 0 Å². The summed E-state index contributed by atoms with van der Waals surface area (Å²) in [6.45, 7) is 0.245. The molecule has 0 atom stereocenters. The predicted octanol–water partition coefficient (Wildman–Crippen LogP) is 1.77. The molecule has 1 aromatic rings. The van der Waals surface area contributed by atoms with Crippen molar-refractivity contribution in [3.63, 3.8) is 0 Å². The normalized spacial score (nSPS) is 17.8. The molecule has 0 saturated heterocycles. The lowest BCUT2D eigenvalue weighted by Gasteiger charge is -2.27. The van der Waals surface area contributed by atoms with E-state index in [0.717, 1.165) is 25.7 Å². The topological polar surface area (TPSA) is 126 Å². The average molecular weight is 295 g/mol.